The van der Waals surface area contributed by atoms with Crippen LogP contribution < -0.4 is 10.1 Å². The number of nitrogens with one attached hydrogen (secondary N) is 1. The normalized spacial score (nSPS) is 26.3. The van der Waals surface area contributed by atoms with Crippen LogP contribution in [0.5, 0.6) is 5.75 Å². The van der Waals surface area contributed by atoms with E-state index in [4.69, 9.17) is 16.3 Å². The average molecular weight is 378 g/mol. The number of ether oxygens (including phenoxy) is 1. The molecule has 0 unspecified atom stereocenters. The smallest absolute Gasteiger partial charge is 0.257 e. The Hall–Kier alpha value is -1.79. The molecular weight excluding hydrogens is 354 g/mol. The Morgan fingerprint density at radius 1 is 1.19 bits per heavy atom. The van der Waals surface area contributed by atoms with Gasteiger partial charge in [-0.25, -0.2) is 0 Å². The number of rotatable bonds is 4. The number of carbonyl (C=O) groups excluding carboxylic acids is 2. The van der Waals surface area contributed by atoms with Crippen molar-refractivity contribution in [3.8, 4) is 5.75 Å². The number of hydrogen-bond acceptors (Lipinski definition) is 4. The molecule has 3 aliphatic rings. The Balaban J connectivity index is 1.32. The van der Waals surface area contributed by atoms with Gasteiger partial charge >= 0.3 is 0 Å². The number of likely N-dealkylation sites (tertiary alicyclic amines) is 1. The molecule has 7 heteroatoms. The first-order valence-corrected chi connectivity index (χ1v) is 9.74. The molecule has 0 bridgehead atoms. The van der Waals surface area contributed by atoms with Crippen LogP contribution in [0.1, 0.15) is 42.5 Å². The average Bonchev–Trinajstić information content (AvgIpc) is 3.04. The summed E-state index contributed by atoms with van der Waals surface area (Å²) in [6.45, 7) is 2.74. The van der Waals surface area contributed by atoms with Crippen LogP contribution in [0.15, 0.2) is 18.2 Å². The molecule has 0 atom stereocenters. The molecular formula is C19H24ClN3O3. The lowest BCUT2D eigenvalue weighted by atomic mass is 9.86. The number of carbonyl (C=O) groups is 2. The lowest BCUT2D eigenvalue weighted by Crippen LogP contribution is -2.50. The van der Waals surface area contributed by atoms with Crippen LogP contribution in [0.2, 0.25) is 5.02 Å². The molecule has 0 aromatic heterocycles. The molecule has 4 rings (SSSR count). The van der Waals surface area contributed by atoms with E-state index in [0.29, 0.717) is 22.4 Å². The van der Waals surface area contributed by atoms with E-state index in [1.54, 1.807) is 18.2 Å². The van der Waals surface area contributed by atoms with Gasteiger partial charge in [0.15, 0.2) is 0 Å². The highest BCUT2D eigenvalue weighted by molar-refractivity contribution is 6.34. The highest BCUT2D eigenvalue weighted by Gasteiger charge is 2.35. The molecule has 2 heterocycles. The molecule has 2 aliphatic heterocycles. The zero-order chi connectivity index (χ0) is 18.1. The lowest BCUT2D eigenvalue weighted by molar-refractivity contribution is -0.118. The Morgan fingerprint density at radius 2 is 1.96 bits per heavy atom. The van der Waals surface area contributed by atoms with Crippen molar-refractivity contribution in [3.05, 3.63) is 28.8 Å². The standard InChI is InChI=1S/C19H24ClN3O3/c20-17-10-14(4-5-16(17)19(25)23-11-18(24)21-12-23)26-15-8-13(9-15)22-6-2-1-3-7-22/h4-5,10,13,15H,1-3,6-9,11-12H2,(H,21,24). The molecule has 1 N–H and O–H groups in total. The van der Waals surface area contributed by atoms with Gasteiger partial charge in [0.2, 0.25) is 5.91 Å². The molecule has 0 spiro atoms. The second kappa shape index (κ2) is 7.45. The number of halogens is 1. The van der Waals surface area contributed by atoms with Crippen molar-refractivity contribution in [1.82, 2.24) is 15.1 Å². The van der Waals surface area contributed by atoms with E-state index < -0.39 is 0 Å². The summed E-state index contributed by atoms with van der Waals surface area (Å²) in [7, 11) is 0. The van der Waals surface area contributed by atoms with Crippen molar-refractivity contribution in [3.63, 3.8) is 0 Å². The molecule has 1 aromatic carbocycles. The van der Waals surface area contributed by atoms with E-state index in [1.807, 2.05) is 0 Å². The molecule has 0 radical (unpaired) electrons. The molecule has 140 valence electrons. The first-order valence-electron chi connectivity index (χ1n) is 9.36. The van der Waals surface area contributed by atoms with Crippen LogP contribution in [0, 0.1) is 0 Å². The van der Waals surface area contributed by atoms with Gasteiger partial charge in [-0.1, -0.05) is 18.0 Å². The summed E-state index contributed by atoms with van der Waals surface area (Å²) in [5, 5.41) is 2.98. The van der Waals surface area contributed by atoms with Crippen LogP contribution in [0.3, 0.4) is 0 Å². The summed E-state index contributed by atoms with van der Waals surface area (Å²) in [5.41, 5.74) is 0.398. The molecule has 26 heavy (non-hydrogen) atoms. The summed E-state index contributed by atoms with van der Waals surface area (Å²) in [4.78, 5) is 27.7. The number of amides is 2. The first-order chi connectivity index (χ1) is 12.6. The number of piperidine rings is 1. The molecule has 1 saturated carbocycles. The number of benzene rings is 1. The van der Waals surface area contributed by atoms with Gasteiger partial charge in [-0.2, -0.15) is 0 Å². The largest absolute Gasteiger partial charge is 0.490 e. The fraction of sp³-hybridized carbons (Fsp3) is 0.579. The van der Waals surface area contributed by atoms with Gasteiger partial charge < -0.3 is 19.9 Å². The van der Waals surface area contributed by atoms with Crippen LogP contribution in [0.4, 0.5) is 0 Å². The van der Waals surface area contributed by atoms with Crippen LogP contribution >= 0.6 is 11.6 Å². The Kier molecular flexibility index (Phi) is 5.05. The fourth-order valence-electron chi connectivity index (χ4n) is 3.93. The Labute approximate surface area is 158 Å². The summed E-state index contributed by atoms with van der Waals surface area (Å²) in [5.74, 6) is 0.306. The lowest BCUT2D eigenvalue weighted by Gasteiger charge is -2.44. The summed E-state index contributed by atoms with van der Waals surface area (Å²) < 4.78 is 6.03. The molecule has 1 aromatic rings. The minimum absolute atomic E-state index is 0.0768. The predicted molar refractivity (Wildman–Crippen MR) is 98.4 cm³/mol. The number of hydrogen-bond donors (Lipinski definition) is 1. The fourth-order valence-corrected chi connectivity index (χ4v) is 4.18. The van der Waals surface area contributed by atoms with E-state index in [9.17, 15) is 9.59 Å². The van der Waals surface area contributed by atoms with E-state index >= 15 is 0 Å². The van der Waals surface area contributed by atoms with Crippen molar-refractivity contribution < 1.29 is 14.3 Å². The second-order valence-corrected chi connectivity index (χ2v) is 7.77. The summed E-state index contributed by atoms with van der Waals surface area (Å²) in [6.07, 6.45) is 6.31. The van der Waals surface area contributed by atoms with Gasteiger partial charge in [0.25, 0.3) is 5.91 Å². The van der Waals surface area contributed by atoms with Crippen molar-refractivity contribution in [1.29, 1.82) is 0 Å². The molecule has 2 amide bonds. The Morgan fingerprint density at radius 3 is 2.62 bits per heavy atom. The summed E-state index contributed by atoms with van der Waals surface area (Å²) >= 11 is 6.29. The molecule has 1 aliphatic carbocycles. The van der Waals surface area contributed by atoms with E-state index in [1.165, 1.54) is 37.3 Å². The van der Waals surface area contributed by atoms with Gasteiger partial charge in [0.05, 0.1) is 17.3 Å². The minimum atomic E-state index is -0.242. The molecule has 6 nitrogen and oxygen atoms in total. The topological polar surface area (TPSA) is 61.9 Å². The second-order valence-electron chi connectivity index (χ2n) is 7.36. The van der Waals surface area contributed by atoms with E-state index in [0.717, 1.165) is 12.8 Å². The predicted octanol–water partition coefficient (Wildman–Crippen LogP) is 2.27. The zero-order valence-corrected chi connectivity index (χ0v) is 15.5. The highest BCUT2D eigenvalue weighted by Crippen LogP contribution is 2.33. The van der Waals surface area contributed by atoms with Crippen LogP contribution in [-0.2, 0) is 4.79 Å². The maximum absolute atomic E-state index is 12.4. The van der Waals surface area contributed by atoms with Crippen LogP contribution in [-0.4, -0.2) is 60.1 Å². The third-order valence-corrected chi connectivity index (χ3v) is 5.85. The zero-order valence-electron chi connectivity index (χ0n) is 14.7. The van der Waals surface area contributed by atoms with Crippen molar-refractivity contribution in [2.45, 2.75) is 44.2 Å². The molecule has 3 fully saturated rings. The third kappa shape index (κ3) is 3.67. The van der Waals surface area contributed by atoms with Gasteiger partial charge in [-0.15, -0.1) is 0 Å². The Bertz CT molecular complexity index is 699. The molecule has 2 saturated heterocycles. The SMILES string of the molecule is O=C1CN(C(=O)c2ccc(OC3CC(N4CCCCC4)C3)cc2Cl)CN1. The minimum Gasteiger partial charge on any atom is -0.490 e. The monoisotopic (exact) mass is 377 g/mol. The van der Waals surface area contributed by atoms with Gasteiger partial charge in [-0.3, -0.25) is 9.59 Å². The summed E-state index contributed by atoms with van der Waals surface area (Å²) in [6, 6.07) is 5.83. The van der Waals surface area contributed by atoms with Gasteiger partial charge in [0, 0.05) is 18.9 Å². The van der Waals surface area contributed by atoms with Crippen molar-refractivity contribution in [2.75, 3.05) is 26.3 Å². The maximum Gasteiger partial charge on any atom is 0.257 e. The first kappa shape index (κ1) is 17.6. The van der Waals surface area contributed by atoms with Gasteiger partial charge in [0.1, 0.15) is 18.4 Å². The van der Waals surface area contributed by atoms with Crippen molar-refractivity contribution in [2.24, 2.45) is 0 Å². The van der Waals surface area contributed by atoms with Crippen molar-refractivity contribution >= 4 is 23.4 Å². The highest BCUT2D eigenvalue weighted by atomic mass is 35.5. The van der Waals surface area contributed by atoms with Gasteiger partial charge in [-0.05, 0) is 44.1 Å². The maximum atomic E-state index is 12.4. The van der Waals surface area contributed by atoms with E-state index in [2.05, 4.69) is 10.2 Å². The third-order valence-electron chi connectivity index (χ3n) is 5.54. The van der Waals surface area contributed by atoms with Crippen LogP contribution in [0.25, 0.3) is 0 Å². The number of nitrogens with zero attached hydrogens (tertiary/aromatic N) is 2. The van der Waals surface area contributed by atoms with E-state index in [-0.39, 0.29) is 31.1 Å². The quantitative estimate of drug-likeness (QED) is 0.874.